The molecule has 0 spiro atoms. The van der Waals surface area contributed by atoms with E-state index >= 15 is 0 Å². The van der Waals surface area contributed by atoms with Gasteiger partial charge in [0.15, 0.2) is 11.4 Å². The van der Waals surface area contributed by atoms with Crippen LogP contribution in [0.3, 0.4) is 0 Å². The van der Waals surface area contributed by atoms with Crippen LogP contribution >= 0.6 is 0 Å². The van der Waals surface area contributed by atoms with E-state index < -0.39 is 5.66 Å². The summed E-state index contributed by atoms with van der Waals surface area (Å²) in [4.78, 5) is 5.17. The summed E-state index contributed by atoms with van der Waals surface area (Å²) >= 11 is 0. The van der Waals surface area contributed by atoms with Crippen molar-refractivity contribution >= 4 is 11.4 Å². The van der Waals surface area contributed by atoms with Gasteiger partial charge in [0.1, 0.15) is 5.71 Å². The molecule has 0 aliphatic carbocycles. The summed E-state index contributed by atoms with van der Waals surface area (Å²) < 4.78 is 11.5. The van der Waals surface area contributed by atoms with Gasteiger partial charge in [0.2, 0.25) is 0 Å². The zero-order valence-electron chi connectivity index (χ0n) is 16.6. The molecular weight excluding hydrogens is 360 g/mol. The fourth-order valence-electron chi connectivity index (χ4n) is 3.66. The van der Waals surface area contributed by atoms with Gasteiger partial charge in [-0.15, -0.1) is 0 Å². The molecule has 4 heteroatoms. The Morgan fingerprint density at radius 1 is 0.759 bits per heavy atom. The minimum Gasteiger partial charge on any atom is -0.492 e. The Labute approximate surface area is 171 Å². The Hall–Kier alpha value is -3.37. The second kappa shape index (κ2) is 8.33. The van der Waals surface area contributed by atoms with E-state index in [2.05, 4.69) is 29.6 Å². The topological polar surface area (TPSA) is 42.9 Å². The third kappa shape index (κ3) is 3.67. The van der Waals surface area contributed by atoms with Crippen LogP contribution in [-0.2, 0) is 15.1 Å². The molecule has 0 saturated heterocycles. The largest absolute Gasteiger partial charge is 0.492 e. The van der Waals surface area contributed by atoms with Crippen LogP contribution in [0.2, 0.25) is 0 Å². The standard InChI is InChI=1S/C25H24N2O2/c1-28-18-25(21-16-10-5-11-17-21)26-22(19-12-6-3-7-13-19)24(29-2)23(27-25)20-14-8-4-9-15-20/h3-17,26H,18H2,1-2H3. The van der Waals surface area contributed by atoms with E-state index in [0.29, 0.717) is 12.4 Å². The lowest BCUT2D eigenvalue weighted by atomic mass is 9.93. The molecule has 0 radical (unpaired) electrons. The molecule has 0 saturated carbocycles. The third-order valence-corrected chi connectivity index (χ3v) is 4.99. The number of ether oxygens (including phenoxy) is 2. The van der Waals surface area contributed by atoms with E-state index in [1.54, 1.807) is 14.2 Å². The van der Waals surface area contributed by atoms with Crippen LogP contribution in [0.4, 0.5) is 0 Å². The van der Waals surface area contributed by atoms with Gasteiger partial charge in [-0.2, -0.15) is 0 Å². The minimum absolute atomic E-state index is 0.376. The maximum atomic E-state index is 5.88. The quantitative estimate of drug-likeness (QED) is 0.676. The molecule has 1 aliphatic rings. The first-order valence-corrected chi connectivity index (χ1v) is 9.59. The van der Waals surface area contributed by atoms with Crippen LogP contribution in [0.15, 0.2) is 102 Å². The Balaban J connectivity index is 1.98. The van der Waals surface area contributed by atoms with Gasteiger partial charge in [-0.3, -0.25) is 0 Å². The molecule has 4 rings (SSSR count). The highest BCUT2D eigenvalue weighted by atomic mass is 16.5. The molecule has 146 valence electrons. The molecule has 1 atom stereocenters. The lowest BCUT2D eigenvalue weighted by molar-refractivity contribution is 0.121. The van der Waals surface area contributed by atoms with Gasteiger partial charge in [0.05, 0.1) is 19.4 Å². The molecular formula is C25H24N2O2. The molecule has 3 aromatic rings. The number of benzene rings is 3. The van der Waals surface area contributed by atoms with Crippen molar-refractivity contribution in [3.63, 3.8) is 0 Å². The highest BCUT2D eigenvalue weighted by Crippen LogP contribution is 2.35. The molecule has 1 unspecified atom stereocenters. The molecule has 3 aromatic carbocycles. The summed E-state index contributed by atoms with van der Waals surface area (Å²) in [6.45, 7) is 0.376. The van der Waals surface area contributed by atoms with Crippen LogP contribution in [0.25, 0.3) is 5.70 Å². The van der Waals surface area contributed by atoms with Crippen LogP contribution in [-0.4, -0.2) is 26.5 Å². The first kappa shape index (κ1) is 19.0. The van der Waals surface area contributed by atoms with Crippen molar-refractivity contribution in [2.75, 3.05) is 20.8 Å². The lowest BCUT2D eigenvalue weighted by Gasteiger charge is -2.38. The summed E-state index contributed by atoms with van der Waals surface area (Å²) in [5, 5.41) is 3.64. The summed E-state index contributed by atoms with van der Waals surface area (Å²) in [6.07, 6.45) is 0. The molecule has 4 nitrogen and oxygen atoms in total. The van der Waals surface area contributed by atoms with E-state index in [-0.39, 0.29) is 0 Å². The van der Waals surface area contributed by atoms with Crippen LogP contribution < -0.4 is 5.32 Å². The number of hydrogen-bond acceptors (Lipinski definition) is 4. The third-order valence-electron chi connectivity index (χ3n) is 4.99. The van der Waals surface area contributed by atoms with E-state index in [1.807, 2.05) is 66.7 Å². The summed E-state index contributed by atoms with van der Waals surface area (Å²) in [6, 6.07) is 30.5. The average molecular weight is 384 g/mol. The smallest absolute Gasteiger partial charge is 0.180 e. The molecule has 1 aliphatic heterocycles. The van der Waals surface area contributed by atoms with Gasteiger partial charge in [0.25, 0.3) is 0 Å². The summed E-state index contributed by atoms with van der Waals surface area (Å²) in [5.41, 5.74) is 3.97. The van der Waals surface area contributed by atoms with E-state index in [4.69, 9.17) is 14.5 Å². The highest BCUT2D eigenvalue weighted by molar-refractivity contribution is 6.16. The number of rotatable bonds is 6. The van der Waals surface area contributed by atoms with Crippen LogP contribution in [0, 0.1) is 0 Å². The van der Waals surface area contributed by atoms with Gasteiger partial charge in [0, 0.05) is 23.8 Å². The number of methoxy groups -OCH3 is 2. The van der Waals surface area contributed by atoms with Crippen molar-refractivity contribution in [3.05, 3.63) is 113 Å². The van der Waals surface area contributed by atoms with Crippen molar-refractivity contribution in [2.45, 2.75) is 5.66 Å². The van der Waals surface area contributed by atoms with Gasteiger partial charge in [-0.1, -0.05) is 91.0 Å². The number of allylic oxidation sites excluding steroid dienone is 1. The predicted molar refractivity (Wildman–Crippen MR) is 116 cm³/mol. The van der Waals surface area contributed by atoms with Crippen molar-refractivity contribution < 1.29 is 9.47 Å². The molecule has 29 heavy (non-hydrogen) atoms. The Morgan fingerprint density at radius 2 is 1.31 bits per heavy atom. The second-order valence-corrected chi connectivity index (χ2v) is 6.89. The normalized spacial score (nSPS) is 18.8. The number of aliphatic imine (C=N–C) groups is 1. The molecule has 0 aromatic heterocycles. The number of nitrogens with zero attached hydrogens (tertiary/aromatic N) is 1. The lowest BCUT2D eigenvalue weighted by Crippen LogP contribution is -2.48. The Kier molecular flexibility index (Phi) is 5.45. The van der Waals surface area contributed by atoms with Gasteiger partial charge < -0.3 is 14.8 Å². The van der Waals surface area contributed by atoms with Crippen molar-refractivity contribution in [1.29, 1.82) is 0 Å². The van der Waals surface area contributed by atoms with Crippen molar-refractivity contribution in [1.82, 2.24) is 5.32 Å². The molecule has 0 amide bonds. The minimum atomic E-state index is -0.769. The summed E-state index contributed by atoms with van der Waals surface area (Å²) in [7, 11) is 3.38. The SMILES string of the molecule is COCC1(c2ccccc2)N=C(c2ccccc2)C(OC)=C(c2ccccc2)N1. The Morgan fingerprint density at radius 3 is 1.86 bits per heavy atom. The number of nitrogens with one attached hydrogen (secondary N) is 1. The van der Waals surface area contributed by atoms with Crippen molar-refractivity contribution in [2.24, 2.45) is 4.99 Å². The second-order valence-electron chi connectivity index (χ2n) is 6.89. The van der Waals surface area contributed by atoms with Crippen molar-refractivity contribution in [3.8, 4) is 0 Å². The molecule has 0 fully saturated rings. The zero-order chi connectivity index (χ0) is 20.1. The van der Waals surface area contributed by atoms with E-state index in [9.17, 15) is 0 Å². The van der Waals surface area contributed by atoms with Crippen LogP contribution in [0.1, 0.15) is 16.7 Å². The predicted octanol–water partition coefficient (Wildman–Crippen LogP) is 4.59. The average Bonchev–Trinajstić information content (AvgIpc) is 2.80. The molecule has 0 bridgehead atoms. The van der Waals surface area contributed by atoms with Crippen LogP contribution in [0.5, 0.6) is 0 Å². The highest BCUT2D eigenvalue weighted by Gasteiger charge is 2.39. The van der Waals surface area contributed by atoms with Gasteiger partial charge in [-0.25, -0.2) is 4.99 Å². The first-order chi connectivity index (χ1) is 14.3. The molecule has 1 heterocycles. The fourth-order valence-corrected chi connectivity index (χ4v) is 3.66. The summed E-state index contributed by atoms with van der Waals surface area (Å²) in [5.74, 6) is 0.713. The Bertz CT molecular complexity index is 1010. The zero-order valence-corrected chi connectivity index (χ0v) is 16.6. The first-order valence-electron chi connectivity index (χ1n) is 9.59. The van der Waals surface area contributed by atoms with E-state index in [1.165, 1.54) is 0 Å². The molecule has 1 N–H and O–H groups in total. The number of hydrogen-bond donors (Lipinski definition) is 1. The maximum absolute atomic E-state index is 5.88. The maximum Gasteiger partial charge on any atom is 0.180 e. The van der Waals surface area contributed by atoms with Gasteiger partial charge in [-0.05, 0) is 0 Å². The van der Waals surface area contributed by atoms with Gasteiger partial charge >= 0.3 is 0 Å². The van der Waals surface area contributed by atoms with E-state index in [0.717, 1.165) is 28.1 Å². The fraction of sp³-hybridized carbons (Fsp3) is 0.160. The monoisotopic (exact) mass is 384 g/mol.